The van der Waals surface area contributed by atoms with Crippen LogP contribution >= 0.6 is 0 Å². The molecule has 0 atom stereocenters. The number of amides is 9. The van der Waals surface area contributed by atoms with Gasteiger partial charge >= 0.3 is 24.1 Å². The number of carbonyl (C=O) groups is 5. The molecule has 0 bridgehead atoms. The smallest absolute Gasteiger partial charge is 0.320 e. The van der Waals surface area contributed by atoms with Crippen LogP contribution in [0.1, 0.15) is 194 Å². The van der Waals surface area contributed by atoms with Crippen LogP contribution in [0.3, 0.4) is 0 Å². The Hall–Kier alpha value is -9.71. The number of nitrogens with two attached hydrogens (primary N) is 1. The second-order valence-electron chi connectivity index (χ2n) is 38.3. The highest BCUT2D eigenvalue weighted by atomic mass is 16.5. The summed E-state index contributed by atoms with van der Waals surface area (Å²) in [5.74, 6) is 1.40. The molecule has 11 aliphatic rings. The number of urea groups is 4. The summed E-state index contributed by atoms with van der Waals surface area (Å²) in [7, 11) is 20.7. The molecule has 4 saturated heterocycles. The third-order valence-electron chi connectivity index (χ3n) is 31.6. The number of rotatable bonds is 21. The Morgan fingerprint density at radius 3 is 1.02 bits per heavy atom. The predicted molar refractivity (Wildman–Crippen MR) is 469 cm³/mol. The van der Waals surface area contributed by atoms with Gasteiger partial charge in [-0.15, -0.1) is 0 Å². The molecular formula is C98H131N15O7. The number of hydrogen-bond donors (Lipinski definition) is 4. The van der Waals surface area contributed by atoms with E-state index in [-0.39, 0.29) is 85.2 Å². The second kappa shape index (κ2) is 35.0. The van der Waals surface area contributed by atoms with Gasteiger partial charge in [0.1, 0.15) is 11.5 Å². The number of nitriles is 2. The molecule has 7 aliphatic carbocycles. The number of hydrogen-bond acceptors (Lipinski definition) is 13. The SMILES string of the molecule is CN(C)C1(c2ccccc2)CCC2(CC1)CNC(=O)N2CC1(C#N)CCC1.CN(C)C1(c2ccccc2)CCC2(CC1)CNC(=O)N2CC1(C(N)=O)CCC1.COc1ccc(CN2CC3(CCC(c4ccccc4)(N(C)C)CC3)N(CC3(C#N)CCC3)C2=O)cc1.COc1ccc(CN2CC3(CCC(c4ccccc4)(N(C)C)CC3)NC2=O)cc1. The van der Waals surface area contributed by atoms with Gasteiger partial charge < -0.3 is 55.7 Å². The van der Waals surface area contributed by atoms with E-state index in [0.717, 1.165) is 196 Å². The largest absolute Gasteiger partial charge is 0.497 e. The maximum Gasteiger partial charge on any atom is 0.320 e. The molecule has 4 spiro atoms. The Balaban J connectivity index is 0.000000132. The third-order valence-corrected chi connectivity index (χ3v) is 31.6. The summed E-state index contributed by atoms with van der Waals surface area (Å²) in [6.45, 7) is 5.71. The van der Waals surface area contributed by atoms with E-state index < -0.39 is 5.41 Å². The van der Waals surface area contributed by atoms with Crippen molar-refractivity contribution in [1.82, 2.24) is 60.0 Å². The normalized spacial score (nSPS) is 29.3. The topological polar surface area (TPSA) is 243 Å². The molecule has 5 N–H and O–H groups in total. The Morgan fingerprint density at radius 1 is 0.392 bits per heavy atom. The molecule has 7 saturated carbocycles. The van der Waals surface area contributed by atoms with Crippen molar-refractivity contribution in [2.45, 2.75) is 218 Å². The number of nitrogens with one attached hydrogen (secondary N) is 3. The van der Waals surface area contributed by atoms with Crippen LogP contribution in [0.2, 0.25) is 0 Å². The summed E-state index contributed by atoms with van der Waals surface area (Å²) in [6, 6.07) is 64.2. The summed E-state index contributed by atoms with van der Waals surface area (Å²) >= 11 is 0. The Bertz CT molecular complexity index is 4600. The van der Waals surface area contributed by atoms with E-state index in [9.17, 15) is 34.5 Å². The van der Waals surface area contributed by atoms with Crippen molar-refractivity contribution in [2.75, 3.05) is 116 Å². The number of ether oxygens (including phenoxy) is 2. The highest BCUT2D eigenvalue weighted by molar-refractivity contribution is 5.84. The third kappa shape index (κ3) is 16.6. The van der Waals surface area contributed by atoms with Crippen LogP contribution in [-0.4, -0.2) is 213 Å². The molecule has 6 aromatic carbocycles. The van der Waals surface area contributed by atoms with Crippen molar-refractivity contribution >= 4 is 30.0 Å². The fourth-order valence-corrected chi connectivity index (χ4v) is 22.7. The van der Waals surface area contributed by atoms with E-state index in [1.807, 2.05) is 68.1 Å². The summed E-state index contributed by atoms with van der Waals surface area (Å²) in [4.78, 5) is 83.6. The number of benzene rings is 6. The monoisotopic (exact) mass is 1630 g/mol. The molecule has 22 nitrogen and oxygen atoms in total. The second-order valence-corrected chi connectivity index (χ2v) is 38.3. The van der Waals surface area contributed by atoms with Crippen LogP contribution in [0.4, 0.5) is 19.2 Å². The van der Waals surface area contributed by atoms with Gasteiger partial charge in [0.15, 0.2) is 0 Å². The van der Waals surface area contributed by atoms with Gasteiger partial charge in [-0.2, -0.15) is 10.5 Å². The van der Waals surface area contributed by atoms with Gasteiger partial charge in [-0.3, -0.25) is 24.4 Å². The molecule has 0 unspecified atom stereocenters. The van der Waals surface area contributed by atoms with Crippen molar-refractivity contribution in [3.63, 3.8) is 0 Å². The first-order chi connectivity index (χ1) is 57.6. The quantitative estimate of drug-likeness (QED) is 0.0525. The molecular weight excluding hydrogens is 1500 g/mol. The predicted octanol–water partition coefficient (Wildman–Crippen LogP) is 15.3. The zero-order valence-corrected chi connectivity index (χ0v) is 73.1. The standard InChI is InChI=1S/C30H38N4O2.C24H31N3O2.C22H32N4O2.C22H30N4O/c1-32(2)30(25-8-5-4-6-9-25)18-16-29(17-19-30)23-33(20-24-10-12-26(36-3)13-11-24)27(35)34(29)22-28(21-31)14-7-15-28;1-26(2)24(20-7-5-4-6-8-20)15-13-23(14-16-24)18-27(22(28)25-23)17-19-9-11-21(29-3)12-10-19;1-25(2)22(17-7-4-3-5-8-17)13-11-21(12-14-22)15-24-19(28)26(21)16-20(18(23)27)9-6-10-20;1-25(2)22(18-7-4-3-5-8-18)13-11-21(12-14-22)16-24-19(27)26(21)17-20(15-23)9-6-10-20/h4-6,8-13H,7,14-20,22-23H2,1-3H3;4-12H,13-18H2,1-3H3,(H,25,28);3-5,7-8H,6,9-16H2,1-2H3,(H2,23,27)(H,24,28);3-5,7-8H,6,9-14,16-17H2,1-2H3,(H,24,27). The summed E-state index contributed by atoms with van der Waals surface area (Å²) < 4.78 is 10.5. The molecule has 640 valence electrons. The lowest BCUT2D eigenvalue weighted by molar-refractivity contribution is -0.134. The average Bonchev–Trinajstić information content (AvgIpc) is 1.56. The first-order valence-electron chi connectivity index (χ1n) is 44.2. The maximum atomic E-state index is 13.9. The van der Waals surface area contributed by atoms with Crippen LogP contribution in [0.25, 0.3) is 0 Å². The molecule has 6 aromatic rings. The molecule has 4 heterocycles. The summed E-state index contributed by atoms with van der Waals surface area (Å²) in [6.07, 6.45) is 24.2. The number of carbonyl (C=O) groups excluding carboxylic acids is 5. The minimum atomic E-state index is -0.524. The van der Waals surface area contributed by atoms with Crippen molar-refractivity contribution in [2.24, 2.45) is 22.0 Å². The van der Waals surface area contributed by atoms with E-state index in [1.54, 1.807) is 14.2 Å². The van der Waals surface area contributed by atoms with Crippen LogP contribution in [-0.2, 0) is 40.0 Å². The van der Waals surface area contributed by atoms with Crippen molar-refractivity contribution in [1.29, 1.82) is 10.5 Å². The maximum absolute atomic E-state index is 13.9. The summed E-state index contributed by atoms with van der Waals surface area (Å²) in [5.41, 5.74) is 11.5. The molecule has 0 radical (unpaired) electrons. The number of methoxy groups -OCH3 is 2. The summed E-state index contributed by atoms with van der Waals surface area (Å²) in [5, 5.41) is 29.1. The first-order valence-corrected chi connectivity index (χ1v) is 44.2. The van der Waals surface area contributed by atoms with E-state index in [2.05, 4.69) is 230 Å². The molecule has 4 aliphatic heterocycles. The molecule has 17 rings (SSSR count). The van der Waals surface area contributed by atoms with Gasteiger partial charge in [0.2, 0.25) is 5.91 Å². The van der Waals surface area contributed by atoms with E-state index in [0.29, 0.717) is 45.8 Å². The minimum absolute atomic E-state index is 0.0122. The molecule has 22 heteroatoms. The average molecular weight is 1630 g/mol. The molecule has 11 fully saturated rings. The van der Waals surface area contributed by atoms with Gasteiger partial charge in [0.25, 0.3) is 0 Å². The Morgan fingerprint density at radius 2 is 0.717 bits per heavy atom. The van der Waals surface area contributed by atoms with E-state index in [4.69, 9.17) is 15.2 Å². The van der Waals surface area contributed by atoms with E-state index >= 15 is 0 Å². The van der Waals surface area contributed by atoms with Gasteiger partial charge in [-0.25, -0.2) is 19.2 Å². The molecule has 0 aromatic heterocycles. The van der Waals surface area contributed by atoms with Gasteiger partial charge in [-0.05, 0) is 255 Å². The van der Waals surface area contributed by atoms with Gasteiger partial charge in [0, 0.05) is 81.1 Å². The van der Waals surface area contributed by atoms with Gasteiger partial charge in [0.05, 0.1) is 64.8 Å². The van der Waals surface area contributed by atoms with Crippen molar-refractivity contribution in [3.8, 4) is 23.6 Å². The van der Waals surface area contributed by atoms with E-state index in [1.165, 1.54) is 22.3 Å². The lowest BCUT2D eigenvalue weighted by Crippen LogP contribution is -2.60. The number of primary amides is 1. The molecule has 9 amide bonds. The molecule has 120 heavy (non-hydrogen) atoms. The van der Waals surface area contributed by atoms with Crippen LogP contribution in [0, 0.1) is 38.9 Å². The first kappa shape index (κ1) is 86.7. The Kier molecular flexibility index (Phi) is 25.3. The fraction of sp³-hybridized carbons (Fsp3) is 0.561. The van der Waals surface area contributed by atoms with Crippen molar-refractivity contribution < 1.29 is 33.4 Å². The van der Waals surface area contributed by atoms with Crippen LogP contribution in [0.15, 0.2) is 170 Å². The lowest BCUT2D eigenvalue weighted by atomic mass is 9.65. The number of nitrogens with zero attached hydrogens (tertiary/aromatic N) is 11. The minimum Gasteiger partial charge on any atom is -0.497 e. The van der Waals surface area contributed by atoms with Crippen LogP contribution < -0.4 is 31.2 Å². The van der Waals surface area contributed by atoms with Gasteiger partial charge in [-0.1, -0.05) is 165 Å². The van der Waals surface area contributed by atoms with Crippen molar-refractivity contribution in [3.05, 3.63) is 203 Å². The zero-order valence-electron chi connectivity index (χ0n) is 73.1. The highest BCUT2D eigenvalue weighted by Gasteiger charge is 2.60. The lowest BCUT2D eigenvalue weighted by Gasteiger charge is -2.52. The fourth-order valence-electron chi connectivity index (χ4n) is 22.7. The zero-order chi connectivity index (χ0) is 85.0. The van der Waals surface area contributed by atoms with Crippen LogP contribution in [0.5, 0.6) is 11.5 Å². The highest BCUT2D eigenvalue weighted by Crippen LogP contribution is 2.56. The Labute approximate surface area is 713 Å².